The van der Waals surface area contributed by atoms with Gasteiger partial charge in [-0.3, -0.25) is 14.4 Å². The molecule has 1 saturated heterocycles. The number of nitrogens with zero attached hydrogens (tertiary/aromatic N) is 1. The smallest absolute Gasteiger partial charge is 0.307 e. The van der Waals surface area contributed by atoms with Gasteiger partial charge in [0.05, 0.1) is 12.3 Å². The molecule has 0 bridgehead atoms. The third kappa shape index (κ3) is 5.19. The molecule has 1 aliphatic heterocycles. The summed E-state index contributed by atoms with van der Waals surface area (Å²) in [6, 6.07) is 11.3. The van der Waals surface area contributed by atoms with Crippen LogP contribution in [0.2, 0.25) is 0 Å². The summed E-state index contributed by atoms with van der Waals surface area (Å²) in [5, 5.41) is 11.4. The van der Waals surface area contributed by atoms with Gasteiger partial charge in [-0.1, -0.05) is 23.8 Å². The highest BCUT2D eigenvalue weighted by Crippen LogP contribution is 2.22. The molecule has 2 N–H and O–H groups in total. The molecule has 152 valence electrons. The number of carbonyl (C=O) groups is 3. The van der Waals surface area contributed by atoms with Gasteiger partial charge in [0.2, 0.25) is 5.91 Å². The summed E-state index contributed by atoms with van der Waals surface area (Å²) in [6.07, 6.45) is 0.934. The van der Waals surface area contributed by atoms with Crippen LogP contribution in [-0.2, 0) is 16.0 Å². The SMILES string of the molecule is Cc1ccc(C(=O)N2CCCC(C(=O)Nc3ccc(CC(=O)O)c(F)c3)C2)cc1. The number of anilines is 1. The lowest BCUT2D eigenvalue weighted by Crippen LogP contribution is -2.43. The van der Waals surface area contributed by atoms with Crippen molar-refractivity contribution in [1.29, 1.82) is 0 Å². The Morgan fingerprint density at radius 2 is 1.90 bits per heavy atom. The number of amides is 2. The van der Waals surface area contributed by atoms with Gasteiger partial charge in [-0.25, -0.2) is 4.39 Å². The van der Waals surface area contributed by atoms with Gasteiger partial charge in [0, 0.05) is 24.3 Å². The van der Waals surface area contributed by atoms with E-state index in [-0.39, 0.29) is 29.0 Å². The number of piperidine rings is 1. The van der Waals surface area contributed by atoms with Crippen LogP contribution in [0.25, 0.3) is 0 Å². The molecule has 0 spiro atoms. The number of rotatable bonds is 5. The van der Waals surface area contributed by atoms with E-state index in [0.29, 0.717) is 31.5 Å². The number of hydrogen-bond acceptors (Lipinski definition) is 3. The molecule has 1 fully saturated rings. The maximum Gasteiger partial charge on any atom is 0.307 e. The van der Waals surface area contributed by atoms with Crippen molar-refractivity contribution < 1.29 is 23.9 Å². The van der Waals surface area contributed by atoms with E-state index in [2.05, 4.69) is 5.32 Å². The van der Waals surface area contributed by atoms with Crippen molar-refractivity contribution in [1.82, 2.24) is 4.90 Å². The van der Waals surface area contributed by atoms with Gasteiger partial charge < -0.3 is 15.3 Å². The molecule has 1 heterocycles. The maximum absolute atomic E-state index is 14.0. The molecule has 2 aromatic carbocycles. The standard InChI is InChI=1S/C22H23FN2O4/c1-14-4-6-15(7-5-14)22(29)25-10-2-3-17(13-25)21(28)24-18-9-8-16(11-20(26)27)19(23)12-18/h4-9,12,17H,2-3,10-11,13H2,1H3,(H,24,28)(H,26,27). The minimum absolute atomic E-state index is 0.0584. The summed E-state index contributed by atoms with van der Waals surface area (Å²) in [5.41, 5.74) is 1.98. The van der Waals surface area contributed by atoms with Crippen LogP contribution in [0.1, 0.15) is 34.3 Å². The van der Waals surface area contributed by atoms with Crippen LogP contribution in [0, 0.1) is 18.7 Å². The topological polar surface area (TPSA) is 86.7 Å². The van der Waals surface area contributed by atoms with Crippen molar-refractivity contribution in [3.8, 4) is 0 Å². The molecular weight excluding hydrogens is 375 g/mol. The number of benzene rings is 2. The number of hydrogen-bond donors (Lipinski definition) is 2. The fourth-order valence-electron chi connectivity index (χ4n) is 3.43. The van der Waals surface area contributed by atoms with Crippen LogP contribution >= 0.6 is 0 Å². The van der Waals surface area contributed by atoms with E-state index in [9.17, 15) is 18.8 Å². The minimum Gasteiger partial charge on any atom is -0.481 e. The second kappa shape index (κ2) is 8.86. The van der Waals surface area contributed by atoms with Gasteiger partial charge >= 0.3 is 5.97 Å². The first-order valence-corrected chi connectivity index (χ1v) is 9.50. The maximum atomic E-state index is 14.0. The lowest BCUT2D eigenvalue weighted by molar-refractivity contribution is -0.136. The first-order valence-electron chi connectivity index (χ1n) is 9.50. The Labute approximate surface area is 168 Å². The van der Waals surface area contributed by atoms with Crippen molar-refractivity contribution in [3.05, 3.63) is 65.0 Å². The van der Waals surface area contributed by atoms with Crippen LogP contribution in [0.15, 0.2) is 42.5 Å². The van der Waals surface area contributed by atoms with Crippen molar-refractivity contribution in [2.75, 3.05) is 18.4 Å². The van der Waals surface area contributed by atoms with Crippen molar-refractivity contribution >= 4 is 23.5 Å². The number of halogens is 1. The van der Waals surface area contributed by atoms with Crippen LogP contribution in [0.3, 0.4) is 0 Å². The molecule has 1 unspecified atom stereocenters. The molecule has 2 amide bonds. The summed E-state index contributed by atoms with van der Waals surface area (Å²) in [4.78, 5) is 37.7. The molecule has 2 aromatic rings. The van der Waals surface area contributed by atoms with Gasteiger partial charge in [0.1, 0.15) is 5.82 Å². The van der Waals surface area contributed by atoms with Gasteiger partial charge in [0.25, 0.3) is 5.91 Å². The molecule has 0 aliphatic carbocycles. The minimum atomic E-state index is -1.12. The van der Waals surface area contributed by atoms with E-state index in [0.717, 1.165) is 11.6 Å². The van der Waals surface area contributed by atoms with Gasteiger partial charge in [-0.05, 0) is 49.6 Å². The van der Waals surface area contributed by atoms with Crippen molar-refractivity contribution in [2.45, 2.75) is 26.2 Å². The quantitative estimate of drug-likeness (QED) is 0.810. The van der Waals surface area contributed by atoms with E-state index in [4.69, 9.17) is 5.11 Å². The first-order chi connectivity index (χ1) is 13.8. The average Bonchev–Trinajstić information content (AvgIpc) is 2.70. The van der Waals surface area contributed by atoms with E-state index in [1.165, 1.54) is 12.1 Å². The highest BCUT2D eigenvalue weighted by molar-refractivity contribution is 5.96. The molecule has 1 aliphatic rings. The Hall–Kier alpha value is -3.22. The highest BCUT2D eigenvalue weighted by Gasteiger charge is 2.29. The number of nitrogens with one attached hydrogen (secondary N) is 1. The Morgan fingerprint density at radius 3 is 2.55 bits per heavy atom. The monoisotopic (exact) mass is 398 g/mol. The van der Waals surface area contributed by atoms with Crippen LogP contribution in [-0.4, -0.2) is 40.9 Å². The number of carboxylic acid groups (broad SMARTS) is 1. The van der Waals surface area contributed by atoms with Crippen molar-refractivity contribution in [2.24, 2.45) is 5.92 Å². The Balaban J connectivity index is 1.63. The van der Waals surface area contributed by atoms with E-state index >= 15 is 0 Å². The summed E-state index contributed by atoms with van der Waals surface area (Å²) < 4.78 is 14.0. The van der Waals surface area contributed by atoms with E-state index in [1.54, 1.807) is 17.0 Å². The third-order valence-electron chi connectivity index (χ3n) is 5.04. The number of aliphatic carboxylic acids is 1. The molecule has 0 radical (unpaired) electrons. The fourth-order valence-corrected chi connectivity index (χ4v) is 3.43. The molecule has 7 heteroatoms. The van der Waals surface area contributed by atoms with Crippen LogP contribution < -0.4 is 5.32 Å². The summed E-state index contributed by atoms with van der Waals surface area (Å²) in [5.74, 6) is -2.57. The molecular formula is C22H23FN2O4. The zero-order valence-electron chi connectivity index (χ0n) is 16.2. The molecule has 1 atom stereocenters. The summed E-state index contributed by atoms with van der Waals surface area (Å²) in [7, 11) is 0. The Bertz CT molecular complexity index is 927. The predicted octanol–water partition coefficient (Wildman–Crippen LogP) is 3.25. The zero-order valence-corrected chi connectivity index (χ0v) is 16.2. The number of carboxylic acids is 1. The first kappa shape index (κ1) is 20.5. The molecule has 6 nitrogen and oxygen atoms in total. The van der Waals surface area contributed by atoms with Crippen LogP contribution in [0.4, 0.5) is 10.1 Å². The Morgan fingerprint density at radius 1 is 1.17 bits per heavy atom. The number of likely N-dealkylation sites (tertiary alicyclic amines) is 1. The van der Waals surface area contributed by atoms with Gasteiger partial charge in [-0.15, -0.1) is 0 Å². The molecule has 0 aromatic heterocycles. The predicted molar refractivity (Wildman–Crippen MR) is 106 cm³/mol. The van der Waals surface area contributed by atoms with E-state index < -0.39 is 18.2 Å². The summed E-state index contributed by atoms with van der Waals surface area (Å²) >= 11 is 0. The molecule has 0 saturated carbocycles. The zero-order chi connectivity index (χ0) is 21.0. The summed E-state index contributed by atoms with van der Waals surface area (Å²) in [6.45, 7) is 2.85. The second-order valence-corrected chi connectivity index (χ2v) is 7.32. The van der Waals surface area contributed by atoms with Crippen molar-refractivity contribution in [3.63, 3.8) is 0 Å². The number of aryl methyl sites for hydroxylation is 1. The molecule has 29 heavy (non-hydrogen) atoms. The average molecular weight is 398 g/mol. The fraction of sp³-hybridized carbons (Fsp3) is 0.318. The van der Waals surface area contributed by atoms with Crippen LogP contribution in [0.5, 0.6) is 0 Å². The second-order valence-electron chi connectivity index (χ2n) is 7.32. The Kier molecular flexibility index (Phi) is 6.26. The lowest BCUT2D eigenvalue weighted by atomic mass is 9.96. The normalized spacial score (nSPS) is 16.3. The number of carbonyl (C=O) groups excluding carboxylic acids is 2. The lowest BCUT2D eigenvalue weighted by Gasteiger charge is -2.32. The third-order valence-corrected chi connectivity index (χ3v) is 5.04. The van der Waals surface area contributed by atoms with Gasteiger partial charge in [-0.2, -0.15) is 0 Å². The largest absolute Gasteiger partial charge is 0.481 e. The van der Waals surface area contributed by atoms with E-state index in [1.807, 2.05) is 19.1 Å². The van der Waals surface area contributed by atoms with Gasteiger partial charge in [0.15, 0.2) is 0 Å². The molecule has 3 rings (SSSR count). The highest BCUT2D eigenvalue weighted by atomic mass is 19.1.